The first-order valence-corrected chi connectivity index (χ1v) is 10.4. The van der Waals surface area contributed by atoms with Gasteiger partial charge in [0.1, 0.15) is 0 Å². The Morgan fingerprint density at radius 3 is 2.71 bits per heavy atom. The number of hydrogen-bond acceptors (Lipinski definition) is 4. The average Bonchev–Trinajstić information content (AvgIpc) is 3.15. The van der Waals surface area contributed by atoms with E-state index in [1.54, 1.807) is 0 Å². The molecule has 1 aromatic rings. The predicted molar refractivity (Wildman–Crippen MR) is 125 cm³/mol. The van der Waals surface area contributed by atoms with Gasteiger partial charge in [-0.1, -0.05) is 13.0 Å². The number of hydrogen-bond donors (Lipinski definition) is 2. The van der Waals surface area contributed by atoms with Crippen molar-refractivity contribution in [3.8, 4) is 11.5 Å². The van der Waals surface area contributed by atoms with Crippen molar-refractivity contribution >= 4 is 29.9 Å². The predicted octanol–water partition coefficient (Wildman–Crippen LogP) is 3.60. The fourth-order valence-corrected chi connectivity index (χ4v) is 3.50. The molecule has 2 heterocycles. The SMILES string of the molecule is CCNC(=NCc1ccc2c(c1)OCO2)NCCCCN1CCC(C)CC1.I. The van der Waals surface area contributed by atoms with Gasteiger partial charge in [0.2, 0.25) is 6.79 Å². The van der Waals surface area contributed by atoms with Crippen molar-refractivity contribution in [3.63, 3.8) is 0 Å². The van der Waals surface area contributed by atoms with Crippen LogP contribution in [0, 0.1) is 5.92 Å². The van der Waals surface area contributed by atoms with Crippen LogP contribution in [-0.4, -0.2) is 50.4 Å². The molecule has 0 aromatic heterocycles. The summed E-state index contributed by atoms with van der Waals surface area (Å²) in [5.41, 5.74) is 1.12. The molecule has 1 saturated heterocycles. The number of rotatable bonds is 8. The van der Waals surface area contributed by atoms with Crippen LogP contribution in [0.1, 0.15) is 45.1 Å². The number of aliphatic imine (C=N–C) groups is 1. The van der Waals surface area contributed by atoms with Gasteiger partial charge >= 0.3 is 0 Å². The molecule has 158 valence electrons. The van der Waals surface area contributed by atoms with Crippen molar-refractivity contribution in [2.45, 2.75) is 46.1 Å². The second kappa shape index (κ2) is 12.4. The first kappa shape index (κ1) is 23.1. The van der Waals surface area contributed by atoms with Gasteiger partial charge in [0.25, 0.3) is 0 Å². The summed E-state index contributed by atoms with van der Waals surface area (Å²) in [7, 11) is 0. The number of halogens is 1. The van der Waals surface area contributed by atoms with Crippen molar-refractivity contribution in [1.82, 2.24) is 15.5 Å². The van der Waals surface area contributed by atoms with Crippen molar-refractivity contribution in [2.75, 3.05) is 39.5 Å². The van der Waals surface area contributed by atoms with E-state index < -0.39 is 0 Å². The van der Waals surface area contributed by atoms with Gasteiger partial charge in [0.05, 0.1) is 6.54 Å². The van der Waals surface area contributed by atoms with Gasteiger partial charge in [-0.3, -0.25) is 0 Å². The van der Waals surface area contributed by atoms with Crippen LogP contribution in [0.5, 0.6) is 11.5 Å². The number of piperidine rings is 1. The maximum Gasteiger partial charge on any atom is 0.231 e. The fraction of sp³-hybridized carbons (Fsp3) is 0.667. The molecule has 0 amide bonds. The Kier molecular flexibility index (Phi) is 10.2. The van der Waals surface area contributed by atoms with E-state index in [2.05, 4.69) is 29.4 Å². The zero-order valence-corrected chi connectivity index (χ0v) is 19.5. The number of unbranched alkanes of at least 4 members (excludes halogenated alkanes) is 1. The van der Waals surface area contributed by atoms with Gasteiger partial charge < -0.3 is 25.0 Å². The third kappa shape index (κ3) is 7.31. The summed E-state index contributed by atoms with van der Waals surface area (Å²) >= 11 is 0. The van der Waals surface area contributed by atoms with Crippen LogP contribution < -0.4 is 20.1 Å². The van der Waals surface area contributed by atoms with Crippen LogP contribution in [0.25, 0.3) is 0 Å². The maximum absolute atomic E-state index is 5.44. The van der Waals surface area contributed by atoms with Crippen LogP contribution in [0.15, 0.2) is 23.2 Å². The molecular formula is C21H35IN4O2. The van der Waals surface area contributed by atoms with Gasteiger partial charge in [-0.2, -0.15) is 0 Å². The van der Waals surface area contributed by atoms with Gasteiger partial charge in [0.15, 0.2) is 17.5 Å². The molecule has 1 aromatic carbocycles. The molecule has 0 aliphatic carbocycles. The topological polar surface area (TPSA) is 58.1 Å². The van der Waals surface area contributed by atoms with E-state index >= 15 is 0 Å². The molecule has 2 N–H and O–H groups in total. The minimum Gasteiger partial charge on any atom is -0.454 e. The van der Waals surface area contributed by atoms with E-state index in [9.17, 15) is 0 Å². The number of likely N-dealkylation sites (tertiary alicyclic amines) is 1. The molecule has 0 spiro atoms. The highest BCUT2D eigenvalue weighted by Crippen LogP contribution is 2.32. The molecule has 0 atom stereocenters. The van der Waals surface area contributed by atoms with Crippen LogP contribution >= 0.6 is 24.0 Å². The van der Waals surface area contributed by atoms with Gasteiger partial charge in [0, 0.05) is 13.1 Å². The van der Waals surface area contributed by atoms with Gasteiger partial charge in [-0.05, 0) is 75.9 Å². The lowest BCUT2D eigenvalue weighted by molar-refractivity contribution is 0.174. The quantitative estimate of drug-likeness (QED) is 0.246. The monoisotopic (exact) mass is 502 g/mol. The van der Waals surface area contributed by atoms with Crippen molar-refractivity contribution in [1.29, 1.82) is 0 Å². The number of fused-ring (bicyclic) bond motifs is 1. The highest BCUT2D eigenvalue weighted by atomic mass is 127. The first-order chi connectivity index (χ1) is 13.2. The highest BCUT2D eigenvalue weighted by Gasteiger charge is 2.15. The summed E-state index contributed by atoms with van der Waals surface area (Å²) < 4.78 is 10.8. The van der Waals surface area contributed by atoms with Crippen LogP contribution in [0.4, 0.5) is 0 Å². The molecule has 2 aliphatic rings. The van der Waals surface area contributed by atoms with Crippen LogP contribution in [0.3, 0.4) is 0 Å². The summed E-state index contributed by atoms with van der Waals surface area (Å²) in [5.74, 6) is 3.41. The molecule has 3 rings (SSSR count). The third-order valence-electron chi connectivity index (χ3n) is 5.27. The molecule has 7 heteroatoms. The molecule has 6 nitrogen and oxygen atoms in total. The Labute approximate surface area is 186 Å². The molecule has 0 saturated carbocycles. The lowest BCUT2D eigenvalue weighted by atomic mass is 9.99. The largest absolute Gasteiger partial charge is 0.454 e. The molecular weight excluding hydrogens is 467 g/mol. The Morgan fingerprint density at radius 1 is 1.14 bits per heavy atom. The maximum atomic E-state index is 5.44. The number of nitrogens with one attached hydrogen (secondary N) is 2. The Hall–Kier alpha value is -1.22. The second-order valence-electron chi connectivity index (χ2n) is 7.54. The number of guanidine groups is 1. The Morgan fingerprint density at radius 2 is 1.93 bits per heavy atom. The van der Waals surface area contributed by atoms with Crippen LogP contribution in [0.2, 0.25) is 0 Å². The normalized spacial score (nSPS) is 17.3. The van der Waals surface area contributed by atoms with E-state index in [0.29, 0.717) is 13.3 Å². The number of nitrogens with zero attached hydrogens (tertiary/aromatic N) is 2. The van der Waals surface area contributed by atoms with E-state index in [1.807, 2.05) is 18.2 Å². The van der Waals surface area contributed by atoms with Crippen molar-refractivity contribution in [3.05, 3.63) is 23.8 Å². The minimum atomic E-state index is 0. The van der Waals surface area contributed by atoms with Gasteiger partial charge in [-0.15, -0.1) is 24.0 Å². The Balaban J connectivity index is 0.00000280. The highest BCUT2D eigenvalue weighted by molar-refractivity contribution is 14.0. The third-order valence-corrected chi connectivity index (χ3v) is 5.27. The Bertz CT molecular complexity index is 618. The first-order valence-electron chi connectivity index (χ1n) is 10.4. The smallest absolute Gasteiger partial charge is 0.231 e. The number of ether oxygens (including phenoxy) is 2. The zero-order valence-electron chi connectivity index (χ0n) is 17.2. The summed E-state index contributed by atoms with van der Waals surface area (Å²) in [4.78, 5) is 7.30. The fourth-order valence-electron chi connectivity index (χ4n) is 3.50. The molecule has 28 heavy (non-hydrogen) atoms. The summed E-state index contributed by atoms with van der Waals surface area (Å²) in [6, 6.07) is 6.00. The standard InChI is InChI=1S/C21H34N4O2.HI/c1-3-22-21(23-10-4-5-11-25-12-8-17(2)9-13-25)24-15-18-6-7-19-20(14-18)27-16-26-19;/h6-7,14,17H,3-5,8-13,15-16H2,1-2H3,(H2,22,23,24);1H. The van der Waals surface area contributed by atoms with E-state index in [-0.39, 0.29) is 24.0 Å². The van der Waals surface area contributed by atoms with Crippen molar-refractivity contribution < 1.29 is 9.47 Å². The lowest BCUT2D eigenvalue weighted by Gasteiger charge is -2.30. The van der Waals surface area contributed by atoms with Gasteiger partial charge in [-0.25, -0.2) is 4.99 Å². The molecule has 0 radical (unpaired) electrons. The summed E-state index contributed by atoms with van der Waals surface area (Å²) in [6.07, 6.45) is 5.12. The average molecular weight is 502 g/mol. The van der Waals surface area contributed by atoms with E-state index in [1.165, 1.54) is 45.3 Å². The van der Waals surface area contributed by atoms with Crippen molar-refractivity contribution in [2.24, 2.45) is 10.9 Å². The second-order valence-corrected chi connectivity index (χ2v) is 7.54. The number of benzene rings is 1. The van der Waals surface area contributed by atoms with Crippen LogP contribution in [-0.2, 0) is 6.54 Å². The summed E-state index contributed by atoms with van der Waals surface area (Å²) in [6.45, 7) is 11.0. The minimum absolute atomic E-state index is 0. The lowest BCUT2D eigenvalue weighted by Crippen LogP contribution is -2.38. The zero-order chi connectivity index (χ0) is 18.9. The van der Waals surface area contributed by atoms with E-state index in [4.69, 9.17) is 14.5 Å². The van der Waals surface area contributed by atoms with E-state index in [0.717, 1.165) is 42.0 Å². The molecule has 2 aliphatic heterocycles. The molecule has 1 fully saturated rings. The molecule has 0 bridgehead atoms. The summed E-state index contributed by atoms with van der Waals surface area (Å²) in [5, 5.41) is 6.78. The molecule has 0 unspecified atom stereocenters.